The van der Waals surface area contributed by atoms with Crippen LogP contribution in [0.25, 0.3) is 11.3 Å². The number of thiazole rings is 1. The van der Waals surface area contributed by atoms with E-state index < -0.39 is 0 Å². The number of nitrogens with zero attached hydrogens (tertiary/aromatic N) is 1. The molecular weight excluding hydrogens is 377 g/mol. The second-order valence-corrected chi connectivity index (χ2v) is 7.99. The highest BCUT2D eigenvalue weighted by atomic mass is 35.5. The van der Waals surface area contributed by atoms with Crippen LogP contribution in [0.2, 0.25) is 5.02 Å². The predicted molar refractivity (Wildman–Crippen MR) is 106 cm³/mol. The molecule has 0 bridgehead atoms. The lowest BCUT2D eigenvalue weighted by Gasteiger charge is -2.16. The lowest BCUT2D eigenvalue weighted by Crippen LogP contribution is -2.34. The molecule has 1 aromatic heterocycles. The van der Waals surface area contributed by atoms with Crippen LogP contribution in [0, 0.1) is 18.8 Å². The molecule has 0 aliphatic heterocycles. The van der Waals surface area contributed by atoms with E-state index in [1.165, 1.54) is 0 Å². The second kappa shape index (κ2) is 8.99. The van der Waals surface area contributed by atoms with Gasteiger partial charge < -0.3 is 11.1 Å². The number of nitrogens with one attached hydrogen (secondary N) is 1. The van der Waals surface area contributed by atoms with E-state index in [1.54, 1.807) is 11.3 Å². The summed E-state index contributed by atoms with van der Waals surface area (Å²) in [5, 5.41) is 4.68. The first-order valence-electron chi connectivity index (χ1n) is 8.28. The van der Waals surface area contributed by atoms with E-state index >= 15 is 0 Å². The average molecular weight is 400 g/mol. The number of benzene rings is 1. The van der Waals surface area contributed by atoms with E-state index in [0.717, 1.165) is 40.4 Å². The fourth-order valence-corrected chi connectivity index (χ4v) is 4.38. The van der Waals surface area contributed by atoms with Gasteiger partial charge in [0.25, 0.3) is 0 Å². The Hall–Kier alpha value is -1.14. The maximum atomic E-state index is 12.4. The van der Waals surface area contributed by atoms with Crippen LogP contribution in [-0.4, -0.2) is 17.4 Å². The number of carbonyl (C=O) groups is 1. The van der Waals surface area contributed by atoms with Crippen LogP contribution < -0.4 is 11.1 Å². The molecule has 0 radical (unpaired) electrons. The van der Waals surface area contributed by atoms with Gasteiger partial charge in [0.1, 0.15) is 5.01 Å². The number of nitrogens with two attached hydrogens (primary N) is 1. The summed E-state index contributed by atoms with van der Waals surface area (Å²) in [6.45, 7) is 3.12. The normalized spacial score (nSPS) is 19.5. The maximum Gasteiger partial charge on any atom is 0.223 e. The molecule has 4 nitrogen and oxygen atoms in total. The molecule has 3 N–H and O–H groups in total. The SMILES string of the molecule is Cc1sc(CNC(=O)[C@@H]2CCC[C@@H]2CN)nc1-c1ccc(Cl)cc1.Cl. The van der Waals surface area contributed by atoms with Crippen LogP contribution in [0.4, 0.5) is 0 Å². The third kappa shape index (κ3) is 4.73. The summed E-state index contributed by atoms with van der Waals surface area (Å²) < 4.78 is 0. The number of amides is 1. The van der Waals surface area contributed by atoms with Gasteiger partial charge in [0.2, 0.25) is 5.91 Å². The van der Waals surface area contributed by atoms with Gasteiger partial charge in [0.15, 0.2) is 0 Å². The molecule has 1 heterocycles. The van der Waals surface area contributed by atoms with Crippen molar-refractivity contribution in [2.75, 3.05) is 6.54 Å². The Morgan fingerprint density at radius 3 is 2.76 bits per heavy atom. The third-order valence-corrected chi connectivity index (χ3v) is 5.89. The molecule has 0 saturated heterocycles. The summed E-state index contributed by atoms with van der Waals surface area (Å²) in [5.41, 5.74) is 7.77. The van der Waals surface area contributed by atoms with Gasteiger partial charge in [-0.15, -0.1) is 23.7 Å². The Bertz CT molecular complexity index is 718. The Morgan fingerprint density at radius 2 is 2.08 bits per heavy atom. The van der Waals surface area contributed by atoms with Crippen LogP contribution in [0.5, 0.6) is 0 Å². The molecule has 25 heavy (non-hydrogen) atoms. The quantitative estimate of drug-likeness (QED) is 0.791. The van der Waals surface area contributed by atoms with E-state index in [0.29, 0.717) is 24.0 Å². The van der Waals surface area contributed by atoms with Crippen molar-refractivity contribution >= 4 is 41.3 Å². The number of aryl methyl sites for hydroxylation is 1. The first-order valence-corrected chi connectivity index (χ1v) is 9.48. The summed E-state index contributed by atoms with van der Waals surface area (Å²) in [7, 11) is 0. The number of carbonyl (C=O) groups excluding carboxylic acids is 1. The van der Waals surface area contributed by atoms with Crippen LogP contribution >= 0.6 is 35.3 Å². The molecule has 3 rings (SSSR count). The number of rotatable bonds is 5. The topological polar surface area (TPSA) is 68.0 Å². The Labute approximate surface area is 163 Å². The third-order valence-electron chi connectivity index (χ3n) is 4.67. The Balaban J connectivity index is 0.00000225. The van der Waals surface area contributed by atoms with Crippen LogP contribution in [-0.2, 0) is 11.3 Å². The van der Waals surface area contributed by atoms with Crippen molar-refractivity contribution in [1.29, 1.82) is 0 Å². The van der Waals surface area contributed by atoms with E-state index in [9.17, 15) is 4.79 Å². The van der Waals surface area contributed by atoms with Gasteiger partial charge in [0, 0.05) is 21.4 Å². The van der Waals surface area contributed by atoms with Gasteiger partial charge in [-0.05, 0) is 44.4 Å². The molecule has 1 aliphatic carbocycles. The van der Waals surface area contributed by atoms with E-state index in [4.69, 9.17) is 17.3 Å². The lowest BCUT2D eigenvalue weighted by atomic mass is 9.95. The van der Waals surface area contributed by atoms with Crippen molar-refractivity contribution in [2.45, 2.75) is 32.7 Å². The second-order valence-electron chi connectivity index (χ2n) is 6.27. The standard InChI is InChI=1S/C18H22ClN3OS.ClH/c1-11-17(12-5-7-14(19)8-6-12)22-16(24-11)10-21-18(23)15-4-2-3-13(15)9-20;/h5-8,13,15H,2-4,9-10,20H2,1H3,(H,21,23);1H/t13-,15-;/m1./s1. The minimum absolute atomic E-state index is 0. The molecule has 1 amide bonds. The van der Waals surface area contributed by atoms with Crippen molar-refractivity contribution in [3.8, 4) is 11.3 Å². The molecule has 1 saturated carbocycles. The first kappa shape index (κ1) is 20.2. The summed E-state index contributed by atoms with van der Waals surface area (Å²) in [6, 6.07) is 7.67. The smallest absolute Gasteiger partial charge is 0.223 e. The number of hydrogen-bond acceptors (Lipinski definition) is 4. The van der Waals surface area contributed by atoms with Crippen molar-refractivity contribution in [3.05, 3.63) is 39.2 Å². The summed E-state index contributed by atoms with van der Waals surface area (Å²) in [6.07, 6.45) is 3.10. The summed E-state index contributed by atoms with van der Waals surface area (Å²) in [5.74, 6) is 0.503. The Morgan fingerprint density at radius 1 is 1.36 bits per heavy atom. The van der Waals surface area contributed by atoms with Crippen LogP contribution in [0.1, 0.15) is 29.1 Å². The monoisotopic (exact) mass is 399 g/mol. The van der Waals surface area contributed by atoms with Crippen molar-refractivity contribution in [3.63, 3.8) is 0 Å². The molecule has 0 spiro atoms. The molecule has 136 valence electrons. The highest BCUT2D eigenvalue weighted by Gasteiger charge is 2.31. The molecule has 7 heteroatoms. The minimum atomic E-state index is 0. The van der Waals surface area contributed by atoms with Gasteiger partial charge in [-0.25, -0.2) is 4.98 Å². The highest BCUT2D eigenvalue weighted by molar-refractivity contribution is 7.12. The lowest BCUT2D eigenvalue weighted by molar-refractivity contribution is -0.126. The summed E-state index contributed by atoms with van der Waals surface area (Å²) in [4.78, 5) is 18.2. The van der Waals surface area contributed by atoms with Gasteiger partial charge in [-0.1, -0.05) is 30.2 Å². The average Bonchev–Trinajstić information content (AvgIpc) is 3.20. The van der Waals surface area contributed by atoms with Gasteiger partial charge in [-0.3, -0.25) is 4.79 Å². The zero-order valence-electron chi connectivity index (χ0n) is 14.1. The molecule has 0 unspecified atom stereocenters. The van der Waals surface area contributed by atoms with Gasteiger partial charge >= 0.3 is 0 Å². The Kier molecular flexibility index (Phi) is 7.25. The van der Waals surface area contributed by atoms with Crippen molar-refractivity contribution < 1.29 is 4.79 Å². The fraction of sp³-hybridized carbons (Fsp3) is 0.444. The van der Waals surface area contributed by atoms with E-state index in [1.807, 2.05) is 31.2 Å². The molecule has 2 aromatic rings. The highest BCUT2D eigenvalue weighted by Crippen LogP contribution is 2.31. The van der Waals surface area contributed by atoms with E-state index in [-0.39, 0.29) is 24.2 Å². The molecule has 1 fully saturated rings. The molecule has 2 atom stereocenters. The number of hydrogen-bond donors (Lipinski definition) is 2. The predicted octanol–water partition coefficient (Wildman–Crippen LogP) is 4.18. The minimum Gasteiger partial charge on any atom is -0.349 e. The van der Waals surface area contributed by atoms with Crippen LogP contribution in [0.3, 0.4) is 0 Å². The fourth-order valence-electron chi connectivity index (χ4n) is 3.36. The van der Waals surface area contributed by atoms with Crippen molar-refractivity contribution in [2.24, 2.45) is 17.6 Å². The maximum absolute atomic E-state index is 12.4. The van der Waals surface area contributed by atoms with Gasteiger partial charge in [0.05, 0.1) is 12.2 Å². The zero-order chi connectivity index (χ0) is 17.1. The first-order chi connectivity index (χ1) is 11.6. The zero-order valence-corrected chi connectivity index (χ0v) is 16.5. The largest absolute Gasteiger partial charge is 0.349 e. The van der Waals surface area contributed by atoms with Crippen molar-refractivity contribution in [1.82, 2.24) is 10.3 Å². The number of aromatic nitrogens is 1. The summed E-state index contributed by atoms with van der Waals surface area (Å²) >= 11 is 7.56. The molecular formula is C18H23Cl2N3OS. The molecule has 1 aliphatic rings. The number of halogens is 2. The van der Waals surface area contributed by atoms with Gasteiger partial charge in [-0.2, -0.15) is 0 Å². The van der Waals surface area contributed by atoms with Crippen LogP contribution in [0.15, 0.2) is 24.3 Å². The van der Waals surface area contributed by atoms with E-state index in [2.05, 4.69) is 10.3 Å². The molecule has 1 aromatic carbocycles.